The molecule has 0 atom stereocenters. The monoisotopic (exact) mass is 402 g/mol. The number of carbonyl (C=O) groups excluding carboxylic acids is 1. The van der Waals surface area contributed by atoms with E-state index in [9.17, 15) is 9.59 Å². The number of H-pyrrole nitrogens is 1. The van der Waals surface area contributed by atoms with Crippen molar-refractivity contribution < 1.29 is 23.5 Å². The third-order valence-corrected chi connectivity index (χ3v) is 4.92. The van der Waals surface area contributed by atoms with Crippen molar-refractivity contribution in [3.63, 3.8) is 0 Å². The summed E-state index contributed by atoms with van der Waals surface area (Å²) in [5.41, 5.74) is 0.827. The highest BCUT2D eigenvalue weighted by molar-refractivity contribution is 7.99. The van der Waals surface area contributed by atoms with E-state index in [-0.39, 0.29) is 12.3 Å². The van der Waals surface area contributed by atoms with E-state index in [0.717, 1.165) is 0 Å². The van der Waals surface area contributed by atoms with Crippen molar-refractivity contribution in [2.45, 2.75) is 11.4 Å². The Hall–Kier alpha value is -3.20. The van der Waals surface area contributed by atoms with Crippen molar-refractivity contribution in [1.29, 1.82) is 0 Å². The van der Waals surface area contributed by atoms with Gasteiger partial charge in [0.2, 0.25) is 11.6 Å². The topological polar surface area (TPSA) is 97.4 Å². The second-order valence-electron chi connectivity index (χ2n) is 5.67. The first-order valence-electron chi connectivity index (χ1n) is 8.46. The number of nitrogens with zero attached hydrogens (tertiary/aromatic N) is 1. The smallest absolute Gasteiger partial charge is 0.442 e. The summed E-state index contributed by atoms with van der Waals surface area (Å²) in [5, 5.41) is 5.74. The fourth-order valence-electron chi connectivity index (χ4n) is 2.49. The van der Waals surface area contributed by atoms with Gasteiger partial charge in [-0.15, -0.1) is 0 Å². The van der Waals surface area contributed by atoms with Crippen LogP contribution in [0.2, 0.25) is 0 Å². The zero-order valence-corrected chi connectivity index (χ0v) is 16.2. The van der Waals surface area contributed by atoms with E-state index in [2.05, 4.69) is 10.6 Å². The average Bonchev–Trinajstić information content (AvgIpc) is 3.09. The van der Waals surface area contributed by atoms with Gasteiger partial charge in [-0.3, -0.25) is 9.32 Å². The van der Waals surface area contributed by atoms with Gasteiger partial charge in [0, 0.05) is 24.3 Å². The molecule has 2 aromatic carbocycles. The molecule has 1 amide bonds. The van der Waals surface area contributed by atoms with Crippen molar-refractivity contribution in [1.82, 2.24) is 5.27 Å². The van der Waals surface area contributed by atoms with Crippen molar-refractivity contribution in [2.24, 2.45) is 0 Å². The zero-order valence-electron chi connectivity index (χ0n) is 15.4. The number of para-hydroxylation sites is 2. The van der Waals surface area contributed by atoms with Gasteiger partial charge in [-0.05, 0) is 46.0 Å². The van der Waals surface area contributed by atoms with Crippen LogP contribution in [-0.4, -0.2) is 31.2 Å². The summed E-state index contributed by atoms with van der Waals surface area (Å²) in [5.74, 6) is 1.53. The number of rotatable bonds is 8. The van der Waals surface area contributed by atoms with Crippen molar-refractivity contribution in [2.75, 3.05) is 25.3 Å². The van der Waals surface area contributed by atoms with Crippen LogP contribution in [0.15, 0.2) is 62.9 Å². The quantitative estimate of drug-likeness (QED) is 0.444. The Morgan fingerprint density at radius 3 is 2.61 bits per heavy atom. The number of hydrogen-bond donors (Lipinski definition) is 2. The lowest BCUT2D eigenvalue weighted by molar-refractivity contribution is -0.704. The van der Waals surface area contributed by atoms with E-state index in [0.29, 0.717) is 33.7 Å². The average molecular weight is 402 g/mol. The highest BCUT2D eigenvalue weighted by Gasteiger charge is 2.24. The van der Waals surface area contributed by atoms with E-state index < -0.39 is 5.63 Å². The van der Waals surface area contributed by atoms with Crippen LogP contribution >= 0.6 is 11.8 Å². The molecule has 8 nitrogen and oxygen atoms in total. The minimum atomic E-state index is -0.494. The summed E-state index contributed by atoms with van der Waals surface area (Å²) in [6, 6.07) is 14.3. The van der Waals surface area contributed by atoms with Crippen LogP contribution in [-0.2, 0) is 4.79 Å². The lowest BCUT2D eigenvalue weighted by atomic mass is 10.3. The highest BCUT2D eigenvalue weighted by Crippen LogP contribution is 2.23. The van der Waals surface area contributed by atoms with Crippen molar-refractivity contribution in [3.05, 3.63) is 59.0 Å². The standard InChI is InChI=1S/C19H19N3O5S/c1-25-14-9-7-13(8-10-14)22-18(19(24)27-21-22)28-12-11-17(23)20-15-5-3-4-6-16(15)26-2/h3-10H,11-12H2,1-2H3,(H-,20,21,23,24)/p+1. The third-order valence-electron chi connectivity index (χ3n) is 3.89. The number of benzene rings is 2. The maximum atomic E-state index is 12.2. The van der Waals surface area contributed by atoms with Crippen LogP contribution in [0.1, 0.15) is 6.42 Å². The molecule has 28 heavy (non-hydrogen) atoms. The first-order valence-corrected chi connectivity index (χ1v) is 9.44. The highest BCUT2D eigenvalue weighted by atomic mass is 32.2. The molecule has 2 N–H and O–H groups in total. The summed E-state index contributed by atoms with van der Waals surface area (Å²) in [4.78, 5) is 24.2. The molecule has 9 heteroatoms. The van der Waals surface area contributed by atoms with E-state index in [1.165, 1.54) is 16.4 Å². The molecule has 1 aromatic heterocycles. The molecule has 0 aliphatic rings. The van der Waals surface area contributed by atoms with Gasteiger partial charge >= 0.3 is 10.7 Å². The van der Waals surface area contributed by atoms with E-state index in [4.69, 9.17) is 14.0 Å². The predicted molar refractivity (Wildman–Crippen MR) is 104 cm³/mol. The third kappa shape index (κ3) is 4.55. The van der Waals surface area contributed by atoms with Gasteiger partial charge in [-0.25, -0.2) is 4.79 Å². The number of hydrogen-bond acceptors (Lipinski definition) is 6. The minimum absolute atomic E-state index is 0.173. The molecule has 0 bridgehead atoms. The first-order chi connectivity index (χ1) is 13.6. The van der Waals surface area contributed by atoms with Gasteiger partial charge < -0.3 is 14.8 Å². The number of carbonyl (C=O) groups is 1. The van der Waals surface area contributed by atoms with E-state index in [1.807, 2.05) is 12.1 Å². The number of nitrogens with one attached hydrogen (secondary N) is 2. The Bertz CT molecular complexity index is 997. The summed E-state index contributed by atoms with van der Waals surface area (Å²) < 4.78 is 16.8. The van der Waals surface area contributed by atoms with Gasteiger partial charge in [-0.2, -0.15) is 0 Å². The molecule has 0 radical (unpaired) electrons. The molecule has 0 saturated heterocycles. The molecule has 146 valence electrons. The molecule has 3 rings (SSSR count). The van der Waals surface area contributed by atoms with E-state index >= 15 is 0 Å². The maximum absolute atomic E-state index is 12.2. The molecular weight excluding hydrogens is 382 g/mol. The number of ether oxygens (including phenoxy) is 2. The summed E-state index contributed by atoms with van der Waals surface area (Å²) >= 11 is 1.24. The zero-order chi connectivity index (χ0) is 19.9. The molecule has 3 aromatic rings. The van der Waals surface area contributed by atoms with Gasteiger partial charge in [-0.1, -0.05) is 12.1 Å². The molecular formula is C19H20N3O5S+. The first kappa shape index (κ1) is 19.6. The number of aromatic nitrogens is 2. The number of aromatic amines is 1. The molecule has 0 aliphatic heterocycles. The fraction of sp³-hybridized carbons (Fsp3) is 0.211. The van der Waals surface area contributed by atoms with E-state index in [1.54, 1.807) is 50.6 Å². The molecule has 0 saturated carbocycles. The lowest BCUT2D eigenvalue weighted by Gasteiger charge is -2.09. The Balaban J connectivity index is 1.62. The van der Waals surface area contributed by atoms with Gasteiger partial charge in [0.05, 0.1) is 19.9 Å². The van der Waals surface area contributed by atoms with Crippen LogP contribution in [0.25, 0.3) is 5.69 Å². The maximum Gasteiger partial charge on any atom is 0.442 e. The summed E-state index contributed by atoms with van der Waals surface area (Å²) in [6.45, 7) is 0. The normalized spacial score (nSPS) is 10.5. The summed E-state index contributed by atoms with van der Waals surface area (Å²) in [6.07, 6.45) is 0.218. The number of amides is 1. The summed E-state index contributed by atoms with van der Waals surface area (Å²) in [7, 11) is 3.13. The van der Waals surface area contributed by atoms with Crippen molar-refractivity contribution >= 4 is 23.4 Å². The largest absolute Gasteiger partial charge is 0.497 e. The number of methoxy groups -OCH3 is 2. The van der Waals surface area contributed by atoms with Gasteiger partial charge in [0.1, 0.15) is 11.5 Å². The Labute approximate surface area is 165 Å². The Morgan fingerprint density at radius 2 is 1.89 bits per heavy atom. The predicted octanol–water partition coefficient (Wildman–Crippen LogP) is 2.38. The Morgan fingerprint density at radius 1 is 1.14 bits per heavy atom. The fourth-order valence-corrected chi connectivity index (χ4v) is 3.40. The Kier molecular flexibility index (Phi) is 6.38. The van der Waals surface area contributed by atoms with Crippen LogP contribution in [0.4, 0.5) is 5.69 Å². The van der Waals surface area contributed by atoms with Crippen LogP contribution in [0, 0.1) is 0 Å². The van der Waals surface area contributed by atoms with Crippen LogP contribution < -0.4 is 25.1 Å². The van der Waals surface area contributed by atoms with Crippen molar-refractivity contribution in [3.8, 4) is 17.2 Å². The van der Waals surface area contributed by atoms with Crippen LogP contribution in [0.3, 0.4) is 0 Å². The van der Waals surface area contributed by atoms with Gasteiger partial charge in [0.15, 0.2) is 0 Å². The number of thioether (sulfide) groups is 1. The molecule has 1 heterocycles. The molecule has 0 fully saturated rings. The van der Waals surface area contributed by atoms with Crippen LogP contribution in [0.5, 0.6) is 11.5 Å². The SMILES string of the molecule is COc1ccc(-[n+]2[nH]oc(=O)c2SCCC(=O)Nc2ccccc2OC)cc1. The molecule has 0 spiro atoms. The lowest BCUT2D eigenvalue weighted by Crippen LogP contribution is -2.36. The minimum Gasteiger partial charge on any atom is -0.497 e. The molecule has 0 aliphatic carbocycles. The molecule has 0 unspecified atom stereocenters. The van der Waals surface area contributed by atoms with Gasteiger partial charge in [0.25, 0.3) is 0 Å². The second-order valence-corrected chi connectivity index (χ2v) is 6.75. The second kappa shape index (κ2) is 9.14. The number of anilines is 1.